The maximum atomic E-state index is 11.0. The van der Waals surface area contributed by atoms with Crippen molar-refractivity contribution in [2.24, 2.45) is 0 Å². The van der Waals surface area contributed by atoms with E-state index in [1.165, 1.54) is 12.5 Å². The van der Waals surface area contributed by atoms with Crippen LogP contribution in [0, 0.1) is 0 Å². The second-order valence-electron chi connectivity index (χ2n) is 2.01. The summed E-state index contributed by atoms with van der Waals surface area (Å²) in [6.07, 6.45) is 2.60. The molecule has 0 aliphatic heterocycles. The number of carbonyl (C=O) groups excluding carboxylic acids is 2. The van der Waals surface area contributed by atoms with Gasteiger partial charge in [-0.15, -0.1) is 0 Å². The number of hydrogen-bond acceptors (Lipinski definition) is 4. The molecule has 12 heavy (non-hydrogen) atoms. The lowest BCUT2D eigenvalue weighted by molar-refractivity contribution is -0.137. The fraction of sp³-hybridized carbons (Fsp3) is 0.286. The van der Waals surface area contributed by atoms with Crippen molar-refractivity contribution in [2.75, 3.05) is 6.61 Å². The number of H-pyrrole nitrogens is 1. The molecule has 0 radical (unpaired) electrons. The van der Waals surface area contributed by atoms with Crippen LogP contribution in [0.3, 0.4) is 0 Å². The third-order valence-corrected chi connectivity index (χ3v) is 1.20. The van der Waals surface area contributed by atoms with E-state index in [-0.39, 0.29) is 12.3 Å². The van der Waals surface area contributed by atoms with Gasteiger partial charge >= 0.3 is 5.97 Å². The summed E-state index contributed by atoms with van der Waals surface area (Å²) in [7, 11) is 0. The highest BCUT2D eigenvalue weighted by Gasteiger charge is 2.17. The lowest BCUT2D eigenvalue weighted by Gasteiger charge is -1.96. The van der Waals surface area contributed by atoms with Gasteiger partial charge < -0.3 is 9.72 Å². The maximum absolute atomic E-state index is 11.0. The minimum atomic E-state index is -0.859. The summed E-state index contributed by atoms with van der Waals surface area (Å²) >= 11 is 0. The lowest BCUT2D eigenvalue weighted by Crippen LogP contribution is -2.17. The zero-order chi connectivity index (χ0) is 8.97. The normalized spacial score (nSPS) is 9.42. The van der Waals surface area contributed by atoms with Crippen LogP contribution >= 0.6 is 0 Å². The average Bonchev–Trinajstić information content (AvgIpc) is 2.55. The topological polar surface area (TPSA) is 72.1 Å². The first-order valence-electron chi connectivity index (χ1n) is 3.45. The molecule has 0 atom stereocenters. The lowest BCUT2D eigenvalue weighted by atomic mass is 10.3. The van der Waals surface area contributed by atoms with Crippen LogP contribution in [0.25, 0.3) is 0 Å². The molecule has 0 fully saturated rings. The van der Waals surface area contributed by atoms with Crippen LogP contribution in [0.4, 0.5) is 0 Å². The Morgan fingerprint density at radius 3 is 2.92 bits per heavy atom. The Bertz CT molecular complexity index is 279. The first kappa shape index (κ1) is 8.45. The predicted molar refractivity (Wildman–Crippen MR) is 39.6 cm³/mol. The molecule has 0 aliphatic rings. The Morgan fingerprint density at radius 2 is 2.42 bits per heavy atom. The van der Waals surface area contributed by atoms with Gasteiger partial charge in [-0.1, -0.05) is 0 Å². The molecular weight excluding hydrogens is 160 g/mol. The van der Waals surface area contributed by atoms with Crippen LogP contribution in [0.1, 0.15) is 17.4 Å². The van der Waals surface area contributed by atoms with Crippen molar-refractivity contribution in [3.63, 3.8) is 0 Å². The molecule has 1 heterocycles. The molecule has 0 aromatic carbocycles. The van der Waals surface area contributed by atoms with E-state index in [9.17, 15) is 9.59 Å². The van der Waals surface area contributed by atoms with Crippen LogP contribution in [0.15, 0.2) is 12.5 Å². The molecule has 0 unspecified atom stereocenters. The highest BCUT2D eigenvalue weighted by molar-refractivity contribution is 6.40. The van der Waals surface area contributed by atoms with Gasteiger partial charge in [-0.05, 0) is 6.92 Å². The van der Waals surface area contributed by atoms with E-state index in [0.29, 0.717) is 0 Å². The monoisotopic (exact) mass is 168 g/mol. The number of rotatable bonds is 3. The number of hydrogen-bond donors (Lipinski definition) is 1. The maximum Gasteiger partial charge on any atom is 0.381 e. The van der Waals surface area contributed by atoms with E-state index in [1.807, 2.05) is 0 Å². The van der Waals surface area contributed by atoms with Gasteiger partial charge in [0.2, 0.25) is 0 Å². The highest BCUT2D eigenvalue weighted by Crippen LogP contribution is 1.94. The summed E-state index contributed by atoms with van der Waals surface area (Å²) in [6.45, 7) is 1.83. The van der Waals surface area contributed by atoms with Crippen LogP contribution in [0.5, 0.6) is 0 Å². The van der Waals surface area contributed by atoms with Crippen molar-refractivity contribution in [1.29, 1.82) is 0 Å². The quantitative estimate of drug-likeness (QED) is 0.396. The van der Waals surface area contributed by atoms with Gasteiger partial charge in [-0.2, -0.15) is 0 Å². The summed E-state index contributed by atoms with van der Waals surface area (Å²) in [4.78, 5) is 28.0. The Kier molecular flexibility index (Phi) is 2.57. The van der Waals surface area contributed by atoms with E-state index >= 15 is 0 Å². The Balaban J connectivity index is 2.66. The van der Waals surface area contributed by atoms with Crippen LogP contribution in [-0.2, 0) is 9.53 Å². The van der Waals surface area contributed by atoms with Crippen LogP contribution < -0.4 is 0 Å². The van der Waals surface area contributed by atoms with E-state index in [2.05, 4.69) is 14.7 Å². The molecule has 0 amide bonds. The number of aromatic nitrogens is 2. The summed E-state index contributed by atoms with van der Waals surface area (Å²) in [5.41, 5.74) is 0.147. The van der Waals surface area contributed by atoms with Crippen LogP contribution in [0.2, 0.25) is 0 Å². The molecule has 1 aromatic rings. The van der Waals surface area contributed by atoms with E-state index < -0.39 is 11.8 Å². The number of nitrogens with one attached hydrogen (secondary N) is 1. The summed E-state index contributed by atoms with van der Waals surface area (Å²) in [5, 5.41) is 0. The molecule has 1 rings (SSSR count). The van der Waals surface area contributed by atoms with Gasteiger partial charge in [0, 0.05) is 0 Å². The zero-order valence-electron chi connectivity index (χ0n) is 6.53. The minimum absolute atomic E-state index is 0.147. The number of imidazole rings is 1. The number of esters is 1. The largest absolute Gasteiger partial charge is 0.460 e. The molecule has 1 N–H and O–H groups in total. The van der Waals surface area contributed by atoms with Gasteiger partial charge in [-0.3, -0.25) is 4.79 Å². The van der Waals surface area contributed by atoms with E-state index in [1.54, 1.807) is 6.92 Å². The third-order valence-electron chi connectivity index (χ3n) is 1.20. The van der Waals surface area contributed by atoms with Gasteiger partial charge in [0.15, 0.2) is 0 Å². The first-order valence-corrected chi connectivity index (χ1v) is 3.45. The second-order valence-corrected chi connectivity index (χ2v) is 2.01. The number of nitrogens with zero attached hydrogens (tertiary/aromatic N) is 1. The molecule has 0 spiro atoms. The molecule has 5 heteroatoms. The second kappa shape index (κ2) is 3.66. The predicted octanol–water partition coefficient (Wildman–Crippen LogP) is 0.156. The molecule has 0 aliphatic carbocycles. The first-order chi connectivity index (χ1) is 5.75. The third kappa shape index (κ3) is 1.69. The van der Waals surface area contributed by atoms with Gasteiger partial charge in [0.25, 0.3) is 5.78 Å². The Labute approximate surface area is 68.8 Å². The molecule has 0 bridgehead atoms. The Hall–Kier alpha value is -1.65. The van der Waals surface area contributed by atoms with E-state index in [4.69, 9.17) is 0 Å². The van der Waals surface area contributed by atoms with Crippen molar-refractivity contribution in [3.8, 4) is 0 Å². The van der Waals surface area contributed by atoms with Crippen molar-refractivity contribution >= 4 is 11.8 Å². The number of carbonyl (C=O) groups is 2. The SMILES string of the molecule is CCOC(=O)C(=O)c1cnc[nH]1. The number of Topliss-reactive ketones (excluding diaryl/α,β-unsaturated/α-hetero) is 1. The Morgan fingerprint density at radius 1 is 1.67 bits per heavy atom. The molecule has 5 nitrogen and oxygen atoms in total. The molecule has 0 saturated heterocycles. The fourth-order valence-electron chi connectivity index (χ4n) is 0.687. The molecule has 1 aromatic heterocycles. The average molecular weight is 168 g/mol. The smallest absolute Gasteiger partial charge is 0.381 e. The number of ketones is 1. The summed E-state index contributed by atoms with van der Waals surface area (Å²) in [6, 6.07) is 0. The van der Waals surface area contributed by atoms with Crippen LogP contribution in [-0.4, -0.2) is 28.3 Å². The fourth-order valence-corrected chi connectivity index (χ4v) is 0.687. The van der Waals surface area contributed by atoms with Crippen molar-refractivity contribution in [1.82, 2.24) is 9.97 Å². The van der Waals surface area contributed by atoms with Gasteiger partial charge in [-0.25, -0.2) is 9.78 Å². The summed E-state index contributed by atoms with van der Waals surface area (Å²) < 4.78 is 4.49. The zero-order valence-corrected chi connectivity index (χ0v) is 6.53. The molecule has 0 saturated carbocycles. The van der Waals surface area contributed by atoms with Crippen molar-refractivity contribution in [3.05, 3.63) is 18.2 Å². The number of ether oxygens (including phenoxy) is 1. The minimum Gasteiger partial charge on any atom is -0.460 e. The van der Waals surface area contributed by atoms with E-state index in [0.717, 1.165) is 0 Å². The molecule has 64 valence electrons. The summed E-state index contributed by atoms with van der Waals surface area (Å²) in [5.74, 6) is -1.56. The standard InChI is InChI=1S/C7H8N2O3/c1-2-12-7(11)6(10)5-3-8-4-9-5/h3-4H,2H2,1H3,(H,8,9). The molecular formula is C7H8N2O3. The highest BCUT2D eigenvalue weighted by atomic mass is 16.5. The van der Waals surface area contributed by atoms with Gasteiger partial charge in [0.05, 0.1) is 19.1 Å². The van der Waals surface area contributed by atoms with Crippen molar-refractivity contribution < 1.29 is 14.3 Å². The van der Waals surface area contributed by atoms with Crippen molar-refractivity contribution in [2.45, 2.75) is 6.92 Å². The number of aromatic amines is 1. The van der Waals surface area contributed by atoms with Gasteiger partial charge in [0.1, 0.15) is 5.69 Å².